The molecule has 1 N–H and O–H groups in total. The van der Waals surface area contributed by atoms with Crippen LogP contribution in [0.2, 0.25) is 0 Å². The smallest absolute Gasteiger partial charge is 0.291 e. The third kappa shape index (κ3) is 3.57. The van der Waals surface area contributed by atoms with Crippen molar-refractivity contribution in [2.24, 2.45) is 0 Å². The van der Waals surface area contributed by atoms with Crippen LogP contribution in [-0.2, 0) is 11.3 Å². The molecular weight excluding hydrogens is 357 g/mol. The normalized spacial score (nSPS) is 10.5. The van der Waals surface area contributed by atoms with Crippen LogP contribution in [0.15, 0.2) is 34.7 Å². The predicted molar refractivity (Wildman–Crippen MR) is 81.3 cm³/mol. The summed E-state index contributed by atoms with van der Waals surface area (Å²) in [5, 5.41) is 2.83. The summed E-state index contributed by atoms with van der Waals surface area (Å²) in [6.45, 7) is 2.31. The Bertz CT molecular complexity index is 592. The van der Waals surface area contributed by atoms with Gasteiger partial charge in [-0.3, -0.25) is 4.79 Å². The Labute approximate surface area is 125 Å². The van der Waals surface area contributed by atoms with E-state index in [9.17, 15) is 4.79 Å². The second kappa shape index (κ2) is 6.21. The Morgan fingerprint density at radius 1 is 1.37 bits per heavy atom. The van der Waals surface area contributed by atoms with Crippen LogP contribution in [0.25, 0.3) is 0 Å². The first kappa shape index (κ1) is 14.1. The first-order valence-electron chi connectivity index (χ1n) is 5.75. The molecule has 0 aliphatic carbocycles. The van der Waals surface area contributed by atoms with E-state index in [4.69, 9.17) is 9.15 Å². The average Bonchev–Trinajstić information content (AvgIpc) is 2.82. The van der Waals surface area contributed by atoms with Crippen molar-refractivity contribution >= 4 is 34.2 Å². The van der Waals surface area contributed by atoms with Gasteiger partial charge in [0, 0.05) is 16.4 Å². The van der Waals surface area contributed by atoms with Gasteiger partial charge in [-0.25, -0.2) is 0 Å². The van der Waals surface area contributed by atoms with Crippen molar-refractivity contribution in [1.29, 1.82) is 0 Å². The summed E-state index contributed by atoms with van der Waals surface area (Å²) in [5.41, 5.74) is 1.80. The number of nitrogens with one attached hydrogen (secondary N) is 1. The second-order valence-corrected chi connectivity index (χ2v) is 5.36. The van der Waals surface area contributed by atoms with Gasteiger partial charge in [0.15, 0.2) is 5.76 Å². The molecule has 0 aliphatic heterocycles. The maximum atomic E-state index is 12.0. The molecule has 0 saturated carbocycles. The molecule has 1 aromatic heterocycles. The zero-order chi connectivity index (χ0) is 13.8. The number of ether oxygens (including phenoxy) is 1. The van der Waals surface area contributed by atoms with Crippen LogP contribution in [0.5, 0.6) is 0 Å². The highest BCUT2D eigenvalue weighted by Crippen LogP contribution is 2.19. The molecule has 0 atom stereocenters. The number of hydrogen-bond donors (Lipinski definition) is 1. The maximum Gasteiger partial charge on any atom is 0.291 e. The quantitative estimate of drug-likeness (QED) is 0.836. The lowest BCUT2D eigenvalue weighted by atomic mass is 10.2. The van der Waals surface area contributed by atoms with Crippen molar-refractivity contribution in [3.63, 3.8) is 0 Å². The van der Waals surface area contributed by atoms with Gasteiger partial charge in [0.05, 0.1) is 0 Å². The minimum absolute atomic E-state index is 0.258. The molecule has 1 heterocycles. The Morgan fingerprint density at radius 2 is 2.16 bits per heavy atom. The van der Waals surface area contributed by atoms with Crippen LogP contribution in [-0.4, -0.2) is 13.0 Å². The summed E-state index contributed by atoms with van der Waals surface area (Å²) < 4.78 is 11.5. The lowest BCUT2D eigenvalue weighted by Crippen LogP contribution is -2.11. The van der Waals surface area contributed by atoms with Gasteiger partial charge < -0.3 is 14.5 Å². The summed E-state index contributed by atoms with van der Waals surface area (Å²) in [6, 6.07) is 9.22. The largest absolute Gasteiger partial charge is 0.453 e. The monoisotopic (exact) mass is 371 g/mol. The van der Waals surface area contributed by atoms with Gasteiger partial charge in [-0.05, 0) is 65.4 Å². The number of benzene rings is 1. The number of furan rings is 1. The number of rotatable bonds is 4. The summed E-state index contributed by atoms with van der Waals surface area (Å²) in [5.74, 6) is 0.656. The first-order valence-corrected chi connectivity index (χ1v) is 6.83. The summed E-state index contributed by atoms with van der Waals surface area (Å²) >= 11 is 2.23. The third-order valence-electron chi connectivity index (χ3n) is 2.61. The fourth-order valence-corrected chi connectivity index (χ4v) is 2.32. The van der Waals surface area contributed by atoms with E-state index in [2.05, 4.69) is 27.9 Å². The highest BCUT2D eigenvalue weighted by atomic mass is 127. The number of halogens is 1. The Balaban J connectivity index is 2.11. The Hall–Kier alpha value is -1.34. The van der Waals surface area contributed by atoms with Crippen LogP contribution < -0.4 is 5.32 Å². The molecule has 0 aliphatic rings. The highest BCUT2D eigenvalue weighted by molar-refractivity contribution is 14.1. The molecule has 0 unspecified atom stereocenters. The maximum absolute atomic E-state index is 12.0. The fraction of sp³-hybridized carbons (Fsp3) is 0.214. The fourth-order valence-electron chi connectivity index (χ4n) is 1.67. The molecule has 5 heteroatoms. The number of carbonyl (C=O) groups is 1. The van der Waals surface area contributed by atoms with Crippen molar-refractivity contribution in [3.8, 4) is 0 Å². The van der Waals surface area contributed by atoms with E-state index in [1.807, 2.05) is 25.1 Å². The highest BCUT2D eigenvalue weighted by Gasteiger charge is 2.12. The molecule has 1 amide bonds. The van der Waals surface area contributed by atoms with Gasteiger partial charge in [-0.2, -0.15) is 0 Å². The van der Waals surface area contributed by atoms with E-state index in [0.29, 0.717) is 12.4 Å². The van der Waals surface area contributed by atoms with E-state index in [1.165, 1.54) is 0 Å². The molecule has 1 aromatic carbocycles. The van der Waals surface area contributed by atoms with Gasteiger partial charge in [-0.1, -0.05) is 0 Å². The zero-order valence-electron chi connectivity index (χ0n) is 10.7. The number of anilines is 1. The van der Waals surface area contributed by atoms with Crippen LogP contribution in [0.1, 0.15) is 21.9 Å². The summed E-state index contributed by atoms with van der Waals surface area (Å²) in [4.78, 5) is 12.0. The van der Waals surface area contributed by atoms with Crippen molar-refractivity contribution in [3.05, 3.63) is 51.0 Å². The van der Waals surface area contributed by atoms with Crippen molar-refractivity contribution in [1.82, 2.24) is 0 Å². The minimum atomic E-state index is -0.258. The summed E-state index contributed by atoms with van der Waals surface area (Å²) in [6.07, 6.45) is 0. The second-order valence-electron chi connectivity index (χ2n) is 4.11. The van der Waals surface area contributed by atoms with Crippen LogP contribution in [0.4, 0.5) is 5.69 Å². The predicted octanol–water partition coefficient (Wildman–Crippen LogP) is 3.59. The van der Waals surface area contributed by atoms with E-state index in [-0.39, 0.29) is 11.7 Å². The van der Waals surface area contributed by atoms with Crippen molar-refractivity contribution < 1.29 is 13.9 Å². The third-order valence-corrected chi connectivity index (χ3v) is 3.28. The van der Waals surface area contributed by atoms with Crippen LogP contribution in [0.3, 0.4) is 0 Å². The van der Waals surface area contributed by atoms with Crippen LogP contribution >= 0.6 is 22.6 Å². The molecule has 0 bridgehead atoms. The Morgan fingerprint density at radius 3 is 2.84 bits per heavy atom. The van der Waals surface area contributed by atoms with E-state index >= 15 is 0 Å². The zero-order valence-corrected chi connectivity index (χ0v) is 12.9. The molecule has 19 heavy (non-hydrogen) atoms. The molecule has 0 fully saturated rings. The lowest BCUT2D eigenvalue weighted by molar-refractivity contribution is 0.0987. The molecule has 100 valence electrons. The van der Waals surface area contributed by atoms with Gasteiger partial charge in [0.25, 0.3) is 5.91 Å². The van der Waals surface area contributed by atoms with Crippen molar-refractivity contribution in [2.75, 3.05) is 12.4 Å². The SMILES string of the molecule is COCc1ccc(C(=O)Nc2ccc(I)cc2C)o1. The standard InChI is InChI=1S/C14H14INO3/c1-9-7-10(15)3-5-12(9)16-14(17)13-6-4-11(19-13)8-18-2/h3-7H,8H2,1-2H3,(H,16,17). The van der Waals surface area contributed by atoms with Crippen molar-refractivity contribution in [2.45, 2.75) is 13.5 Å². The van der Waals surface area contributed by atoms with E-state index in [0.717, 1.165) is 14.8 Å². The topological polar surface area (TPSA) is 51.5 Å². The van der Waals surface area contributed by atoms with Gasteiger partial charge in [0.2, 0.25) is 0 Å². The summed E-state index contributed by atoms with van der Waals surface area (Å²) in [7, 11) is 1.58. The number of carbonyl (C=O) groups excluding carboxylic acids is 1. The molecule has 0 spiro atoms. The van der Waals surface area contributed by atoms with Gasteiger partial charge in [-0.15, -0.1) is 0 Å². The molecule has 2 aromatic rings. The number of methoxy groups -OCH3 is 1. The molecular formula is C14H14INO3. The number of hydrogen-bond acceptors (Lipinski definition) is 3. The van der Waals surface area contributed by atoms with E-state index < -0.39 is 0 Å². The minimum Gasteiger partial charge on any atom is -0.453 e. The lowest BCUT2D eigenvalue weighted by Gasteiger charge is -2.07. The van der Waals surface area contributed by atoms with E-state index in [1.54, 1.807) is 19.2 Å². The van der Waals surface area contributed by atoms with Crippen LogP contribution in [0, 0.1) is 10.5 Å². The molecule has 4 nitrogen and oxygen atoms in total. The molecule has 0 saturated heterocycles. The number of aryl methyl sites for hydroxylation is 1. The Kier molecular flexibility index (Phi) is 4.60. The number of amides is 1. The average molecular weight is 371 g/mol. The van der Waals surface area contributed by atoms with Gasteiger partial charge >= 0.3 is 0 Å². The van der Waals surface area contributed by atoms with Gasteiger partial charge in [0.1, 0.15) is 12.4 Å². The first-order chi connectivity index (χ1) is 9.10. The molecule has 2 rings (SSSR count). The molecule has 0 radical (unpaired) electrons.